The molecule has 0 aliphatic rings. The Morgan fingerprint density at radius 1 is 1.27 bits per heavy atom. The van der Waals surface area contributed by atoms with Crippen molar-refractivity contribution in [2.24, 2.45) is 0 Å². The predicted molar refractivity (Wildman–Crippen MR) is 94.3 cm³/mol. The van der Waals surface area contributed by atoms with E-state index in [-0.39, 0.29) is 5.91 Å². The number of aromatic nitrogens is 1. The first-order valence-electron chi connectivity index (χ1n) is 7.11. The zero-order chi connectivity index (χ0) is 16.1. The van der Waals surface area contributed by atoms with Crippen molar-refractivity contribution < 1.29 is 4.79 Å². The van der Waals surface area contributed by atoms with Crippen LogP contribution >= 0.6 is 15.9 Å². The first-order chi connectivity index (χ1) is 10.5. The molecule has 0 aliphatic carbocycles. The maximum absolute atomic E-state index is 12.4. The first kappa shape index (κ1) is 16.3. The molecular formula is C16H19BrN4O. The summed E-state index contributed by atoms with van der Waals surface area (Å²) in [7, 11) is 0. The Morgan fingerprint density at radius 3 is 2.64 bits per heavy atom. The molecule has 0 spiro atoms. The number of carbonyl (C=O) groups is 1. The molecule has 22 heavy (non-hydrogen) atoms. The number of amides is 1. The number of carbonyl (C=O) groups excluding carboxylic acids is 1. The van der Waals surface area contributed by atoms with Gasteiger partial charge in [-0.15, -0.1) is 0 Å². The van der Waals surface area contributed by atoms with E-state index >= 15 is 0 Å². The maximum Gasteiger partial charge on any atom is 0.257 e. The number of rotatable bonds is 5. The van der Waals surface area contributed by atoms with Gasteiger partial charge in [0.05, 0.1) is 16.9 Å². The van der Waals surface area contributed by atoms with E-state index in [9.17, 15) is 4.79 Å². The molecule has 6 heteroatoms. The van der Waals surface area contributed by atoms with Crippen LogP contribution in [-0.4, -0.2) is 24.0 Å². The van der Waals surface area contributed by atoms with Crippen LogP contribution in [0.4, 0.5) is 17.1 Å². The molecule has 1 aromatic carbocycles. The highest BCUT2D eigenvalue weighted by molar-refractivity contribution is 9.10. The molecule has 0 saturated heterocycles. The smallest absolute Gasteiger partial charge is 0.257 e. The summed E-state index contributed by atoms with van der Waals surface area (Å²) in [6.45, 7) is 5.84. The number of hydrogen-bond acceptors (Lipinski definition) is 4. The molecule has 2 aromatic rings. The molecule has 1 aromatic heterocycles. The van der Waals surface area contributed by atoms with Crippen LogP contribution in [0.5, 0.6) is 0 Å². The summed E-state index contributed by atoms with van der Waals surface area (Å²) in [5.41, 5.74) is 8.61. The predicted octanol–water partition coefficient (Wildman–Crippen LogP) is 3.52. The van der Waals surface area contributed by atoms with Gasteiger partial charge < -0.3 is 16.0 Å². The zero-order valence-electron chi connectivity index (χ0n) is 12.6. The lowest BCUT2D eigenvalue weighted by Gasteiger charge is -2.24. The molecule has 0 fully saturated rings. The van der Waals surface area contributed by atoms with Gasteiger partial charge in [0.1, 0.15) is 0 Å². The van der Waals surface area contributed by atoms with Gasteiger partial charge in [0.2, 0.25) is 0 Å². The fourth-order valence-electron chi connectivity index (χ4n) is 2.22. The van der Waals surface area contributed by atoms with E-state index in [2.05, 4.69) is 45.0 Å². The van der Waals surface area contributed by atoms with Gasteiger partial charge in [0, 0.05) is 35.6 Å². The summed E-state index contributed by atoms with van der Waals surface area (Å²) in [6, 6.07) is 7.27. The largest absolute Gasteiger partial charge is 0.399 e. The van der Waals surface area contributed by atoms with Crippen LogP contribution in [0.3, 0.4) is 0 Å². The van der Waals surface area contributed by atoms with Gasteiger partial charge in [-0.3, -0.25) is 9.78 Å². The molecular weight excluding hydrogens is 344 g/mol. The van der Waals surface area contributed by atoms with E-state index in [1.165, 1.54) is 6.20 Å². The molecule has 0 bridgehead atoms. The van der Waals surface area contributed by atoms with Crippen LogP contribution < -0.4 is 16.0 Å². The van der Waals surface area contributed by atoms with Gasteiger partial charge in [-0.05, 0) is 54.0 Å². The average molecular weight is 363 g/mol. The van der Waals surface area contributed by atoms with Crippen LogP contribution in [0.1, 0.15) is 24.2 Å². The van der Waals surface area contributed by atoms with Gasteiger partial charge in [-0.25, -0.2) is 0 Å². The monoisotopic (exact) mass is 362 g/mol. The number of anilines is 3. The number of nitrogens with two attached hydrogens (primary N) is 1. The summed E-state index contributed by atoms with van der Waals surface area (Å²) in [5, 5.41) is 2.92. The molecule has 116 valence electrons. The number of hydrogen-bond donors (Lipinski definition) is 2. The van der Waals surface area contributed by atoms with Crippen molar-refractivity contribution in [1.82, 2.24) is 4.98 Å². The van der Waals surface area contributed by atoms with Crippen molar-refractivity contribution >= 4 is 38.9 Å². The van der Waals surface area contributed by atoms with Crippen LogP contribution in [0.25, 0.3) is 0 Å². The SMILES string of the molecule is CCN(CC)c1ccc(N)cc1NC(=O)c1cncc(Br)c1. The first-order valence-corrected chi connectivity index (χ1v) is 7.90. The number of halogens is 1. The third-order valence-electron chi connectivity index (χ3n) is 3.34. The van der Waals surface area contributed by atoms with Crippen molar-refractivity contribution in [2.75, 3.05) is 29.0 Å². The highest BCUT2D eigenvalue weighted by Crippen LogP contribution is 2.28. The normalized spacial score (nSPS) is 10.3. The minimum Gasteiger partial charge on any atom is -0.399 e. The second-order valence-corrected chi connectivity index (χ2v) is 5.71. The van der Waals surface area contributed by atoms with Crippen molar-refractivity contribution in [3.8, 4) is 0 Å². The Balaban J connectivity index is 2.32. The topological polar surface area (TPSA) is 71.2 Å². The number of nitrogen functional groups attached to an aromatic ring is 1. The Labute approximate surface area is 138 Å². The molecule has 2 rings (SSSR count). The summed E-state index contributed by atoms with van der Waals surface area (Å²) in [6.07, 6.45) is 3.17. The van der Waals surface area contributed by atoms with E-state index < -0.39 is 0 Å². The van der Waals surface area contributed by atoms with Crippen LogP contribution in [-0.2, 0) is 0 Å². The fraction of sp³-hybridized carbons (Fsp3) is 0.250. The molecule has 0 aliphatic heterocycles. The van der Waals surface area contributed by atoms with Crippen LogP contribution in [0.2, 0.25) is 0 Å². The van der Waals surface area contributed by atoms with Gasteiger partial charge in [-0.1, -0.05) is 0 Å². The molecule has 0 unspecified atom stereocenters. The molecule has 1 heterocycles. The van der Waals surface area contributed by atoms with E-state index in [0.29, 0.717) is 16.9 Å². The van der Waals surface area contributed by atoms with Crippen molar-refractivity contribution in [2.45, 2.75) is 13.8 Å². The molecule has 0 radical (unpaired) electrons. The van der Waals surface area contributed by atoms with Gasteiger partial charge in [0.25, 0.3) is 5.91 Å². The lowest BCUT2D eigenvalue weighted by molar-refractivity contribution is 0.102. The third-order valence-corrected chi connectivity index (χ3v) is 3.77. The standard InChI is InChI=1S/C16H19BrN4O/c1-3-21(4-2)15-6-5-13(18)8-14(15)20-16(22)11-7-12(17)10-19-9-11/h5-10H,3-4,18H2,1-2H3,(H,20,22). The quantitative estimate of drug-likeness (QED) is 0.798. The zero-order valence-corrected chi connectivity index (χ0v) is 14.2. The van der Waals surface area contributed by atoms with Crippen molar-refractivity contribution in [1.29, 1.82) is 0 Å². The Bertz CT molecular complexity index is 671. The maximum atomic E-state index is 12.4. The number of nitrogens with one attached hydrogen (secondary N) is 1. The molecule has 1 amide bonds. The lowest BCUT2D eigenvalue weighted by atomic mass is 10.2. The Hall–Kier alpha value is -2.08. The van der Waals surface area contributed by atoms with Crippen molar-refractivity contribution in [3.05, 3.63) is 46.7 Å². The second kappa shape index (κ2) is 7.26. The Morgan fingerprint density at radius 2 is 2.00 bits per heavy atom. The van der Waals surface area contributed by atoms with Crippen LogP contribution in [0.15, 0.2) is 41.1 Å². The Kier molecular flexibility index (Phi) is 5.38. The second-order valence-electron chi connectivity index (χ2n) is 4.79. The van der Waals surface area contributed by atoms with E-state index in [0.717, 1.165) is 23.2 Å². The summed E-state index contributed by atoms with van der Waals surface area (Å²) < 4.78 is 0.761. The highest BCUT2D eigenvalue weighted by atomic mass is 79.9. The number of nitrogens with zero attached hydrogens (tertiary/aromatic N) is 2. The van der Waals surface area contributed by atoms with E-state index in [1.54, 1.807) is 18.3 Å². The minimum absolute atomic E-state index is 0.215. The van der Waals surface area contributed by atoms with E-state index in [1.807, 2.05) is 12.1 Å². The number of benzene rings is 1. The van der Waals surface area contributed by atoms with Gasteiger partial charge in [-0.2, -0.15) is 0 Å². The van der Waals surface area contributed by atoms with Gasteiger partial charge in [0.15, 0.2) is 0 Å². The molecule has 3 N–H and O–H groups in total. The summed E-state index contributed by atoms with van der Waals surface area (Å²) in [4.78, 5) is 18.6. The fourth-order valence-corrected chi connectivity index (χ4v) is 2.59. The lowest BCUT2D eigenvalue weighted by Crippen LogP contribution is -2.24. The summed E-state index contributed by atoms with van der Waals surface area (Å²) >= 11 is 3.32. The number of pyridine rings is 1. The molecule has 0 atom stereocenters. The van der Waals surface area contributed by atoms with E-state index in [4.69, 9.17) is 5.73 Å². The average Bonchev–Trinajstić information content (AvgIpc) is 2.50. The third kappa shape index (κ3) is 3.76. The van der Waals surface area contributed by atoms with Gasteiger partial charge >= 0.3 is 0 Å². The van der Waals surface area contributed by atoms with Crippen LogP contribution in [0, 0.1) is 0 Å². The molecule has 5 nitrogen and oxygen atoms in total. The van der Waals surface area contributed by atoms with Crippen molar-refractivity contribution in [3.63, 3.8) is 0 Å². The highest BCUT2D eigenvalue weighted by Gasteiger charge is 2.13. The minimum atomic E-state index is -0.215. The summed E-state index contributed by atoms with van der Waals surface area (Å²) in [5.74, 6) is -0.215. The molecule has 0 saturated carbocycles.